The topological polar surface area (TPSA) is 66.1 Å². The molecule has 0 unspecified atom stereocenters. The van der Waals surface area contributed by atoms with Gasteiger partial charge in [-0.05, 0) is 31.2 Å². The zero-order chi connectivity index (χ0) is 16.0. The van der Waals surface area contributed by atoms with E-state index in [0.717, 1.165) is 17.8 Å². The number of fused-ring (bicyclic) bond motifs is 1. The molecule has 0 aromatic carbocycles. The molecule has 2 aromatic heterocycles. The average Bonchev–Trinajstić information content (AvgIpc) is 3.06. The van der Waals surface area contributed by atoms with Crippen LogP contribution in [0.1, 0.15) is 49.2 Å². The fraction of sp³-hybridized carbons (Fsp3) is 0.588. The maximum Gasteiger partial charge on any atom is 0.259 e. The smallest absolute Gasteiger partial charge is 0.259 e. The first-order valence-corrected chi connectivity index (χ1v) is 9.26. The van der Waals surface area contributed by atoms with Crippen LogP contribution in [0.2, 0.25) is 0 Å². The molecule has 1 atom stereocenters. The number of nitrogens with one attached hydrogen (secondary N) is 1. The third-order valence-electron chi connectivity index (χ3n) is 5.12. The van der Waals surface area contributed by atoms with Crippen molar-refractivity contribution in [2.75, 3.05) is 13.1 Å². The summed E-state index contributed by atoms with van der Waals surface area (Å²) < 4.78 is 0. The Labute approximate surface area is 138 Å². The number of nitrogens with zero attached hydrogens (tertiary/aromatic N) is 2. The van der Waals surface area contributed by atoms with Crippen LogP contribution in [-0.4, -0.2) is 33.9 Å². The molecule has 2 aromatic rings. The van der Waals surface area contributed by atoms with Crippen molar-refractivity contribution in [1.82, 2.24) is 14.9 Å². The lowest BCUT2D eigenvalue weighted by Crippen LogP contribution is -2.33. The van der Waals surface area contributed by atoms with Gasteiger partial charge in [-0.2, -0.15) is 0 Å². The largest absolute Gasteiger partial charge is 0.342 e. The SMILES string of the molecule is CCc1cc2c(=O)[nH]c([C@@H]3CC(=O)N(CC4CCC4)C3)nc2s1. The number of rotatable bonds is 4. The van der Waals surface area contributed by atoms with Gasteiger partial charge in [-0.3, -0.25) is 9.59 Å². The molecule has 0 radical (unpaired) electrons. The molecule has 5 nitrogen and oxygen atoms in total. The number of aromatic amines is 1. The minimum atomic E-state index is -0.0779. The highest BCUT2D eigenvalue weighted by atomic mass is 32.1. The molecule has 2 aliphatic rings. The summed E-state index contributed by atoms with van der Waals surface area (Å²) in [4.78, 5) is 36.0. The Morgan fingerprint density at radius 2 is 2.22 bits per heavy atom. The van der Waals surface area contributed by atoms with Gasteiger partial charge in [-0.15, -0.1) is 11.3 Å². The van der Waals surface area contributed by atoms with Crippen LogP contribution >= 0.6 is 11.3 Å². The Balaban J connectivity index is 1.59. The van der Waals surface area contributed by atoms with Gasteiger partial charge in [0.25, 0.3) is 5.56 Å². The van der Waals surface area contributed by atoms with Crippen LogP contribution in [-0.2, 0) is 11.2 Å². The van der Waals surface area contributed by atoms with Crippen LogP contribution in [0.5, 0.6) is 0 Å². The number of thiophene rings is 1. The van der Waals surface area contributed by atoms with Crippen molar-refractivity contribution in [1.29, 1.82) is 0 Å². The number of likely N-dealkylation sites (tertiary alicyclic amines) is 1. The lowest BCUT2D eigenvalue weighted by atomic mass is 9.85. The number of amides is 1. The first-order chi connectivity index (χ1) is 11.1. The molecule has 23 heavy (non-hydrogen) atoms. The summed E-state index contributed by atoms with van der Waals surface area (Å²) in [5, 5.41) is 0.672. The molecule has 2 fully saturated rings. The Bertz CT molecular complexity index is 806. The first-order valence-electron chi connectivity index (χ1n) is 8.44. The minimum absolute atomic E-state index is 0.0202. The van der Waals surface area contributed by atoms with E-state index in [4.69, 9.17) is 0 Å². The van der Waals surface area contributed by atoms with Crippen LogP contribution in [0, 0.1) is 5.92 Å². The Hall–Kier alpha value is -1.69. The molecule has 4 rings (SSSR count). The van der Waals surface area contributed by atoms with E-state index >= 15 is 0 Å². The molecular weight excluding hydrogens is 310 g/mol. The second-order valence-electron chi connectivity index (χ2n) is 6.73. The lowest BCUT2D eigenvalue weighted by molar-refractivity contribution is -0.128. The first kappa shape index (κ1) is 14.9. The predicted molar refractivity (Wildman–Crippen MR) is 90.9 cm³/mol. The fourth-order valence-corrected chi connectivity index (χ4v) is 4.46. The van der Waals surface area contributed by atoms with Gasteiger partial charge in [0.05, 0.1) is 5.39 Å². The second-order valence-corrected chi connectivity index (χ2v) is 7.85. The molecule has 0 bridgehead atoms. The van der Waals surface area contributed by atoms with Crippen molar-refractivity contribution in [2.45, 2.75) is 44.9 Å². The quantitative estimate of drug-likeness (QED) is 0.936. The summed E-state index contributed by atoms with van der Waals surface area (Å²) in [5.74, 6) is 1.57. The molecule has 1 N–H and O–H groups in total. The second kappa shape index (κ2) is 5.74. The van der Waals surface area contributed by atoms with Gasteiger partial charge < -0.3 is 9.88 Å². The van der Waals surface area contributed by atoms with Gasteiger partial charge in [-0.1, -0.05) is 13.3 Å². The van der Waals surface area contributed by atoms with Gasteiger partial charge in [0.1, 0.15) is 10.7 Å². The maximum absolute atomic E-state index is 12.3. The van der Waals surface area contributed by atoms with Crippen LogP contribution in [0.3, 0.4) is 0 Å². The van der Waals surface area contributed by atoms with Gasteiger partial charge in [0.15, 0.2) is 0 Å². The van der Waals surface area contributed by atoms with Gasteiger partial charge in [0, 0.05) is 30.3 Å². The van der Waals surface area contributed by atoms with E-state index in [1.807, 2.05) is 11.0 Å². The van der Waals surface area contributed by atoms with Crippen molar-refractivity contribution < 1.29 is 4.79 Å². The molecule has 1 aliphatic heterocycles. The van der Waals surface area contributed by atoms with E-state index in [1.54, 1.807) is 11.3 Å². The third-order valence-corrected chi connectivity index (χ3v) is 6.30. The van der Waals surface area contributed by atoms with Crippen molar-refractivity contribution in [3.63, 3.8) is 0 Å². The number of aryl methyl sites for hydroxylation is 1. The molecule has 122 valence electrons. The summed E-state index contributed by atoms with van der Waals surface area (Å²) in [6.45, 7) is 3.64. The zero-order valence-corrected chi connectivity index (χ0v) is 14.1. The molecule has 1 amide bonds. The van der Waals surface area contributed by atoms with Crippen molar-refractivity contribution in [2.24, 2.45) is 5.92 Å². The Morgan fingerprint density at radius 3 is 2.91 bits per heavy atom. The number of H-pyrrole nitrogens is 1. The number of carbonyl (C=O) groups excluding carboxylic acids is 1. The van der Waals surface area contributed by atoms with Crippen molar-refractivity contribution >= 4 is 27.5 Å². The highest BCUT2D eigenvalue weighted by molar-refractivity contribution is 7.18. The van der Waals surface area contributed by atoms with E-state index in [2.05, 4.69) is 16.9 Å². The third kappa shape index (κ3) is 2.69. The molecule has 1 aliphatic carbocycles. The Morgan fingerprint density at radius 1 is 1.39 bits per heavy atom. The van der Waals surface area contributed by atoms with E-state index in [0.29, 0.717) is 30.1 Å². The highest BCUT2D eigenvalue weighted by Gasteiger charge is 2.34. The predicted octanol–water partition coefficient (Wildman–Crippen LogP) is 2.66. The summed E-state index contributed by atoms with van der Waals surface area (Å²) in [5.41, 5.74) is -0.0779. The number of hydrogen-bond donors (Lipinski definition) is 1. The Kier molecular flexibility index (Phi) is 3.71. The van der Waals surface area contributed by atoms with Gasteiger partial charge >= 0.3 is 0 Å². The summed E-state index contributed by atoms with van der Waals surface area (Å²) in [7, 11) is 0. The van der Waals surface area contributed by atoms with E-state index < -0.39 is 0 Å². The molecule has 1 saturated carbocycles. The fourth-order valence-electron chi connectivity index (χ4n) is 3.48. The maximum atomic E-state index is 12.3. The highest BCUT2D eigenvalue weighted by Crippen LogP contribution is 2.32. The number of carbonyl (C=O) groups is 1. The molecule has 1 saturated heterocycles. The number of aromatic nitrogens is 2. The van der Waals surface area contributed by atoms with Crippen LogP contribution < -0.4 is 5.56 Å². The standard InChI is InChI=1S/C17H21N3O2S/c1-2-12-7-13-16(22)18-15(19-17(13)23-12)11-6-14(21)20(9-11)8-10-4-3-5-10/h7,10-11H,2-6,8-9H2,1H3,(H,18,19,22)/t11-/m1/s1. The summed E-state index contributed by atoms with van der Waals surface area (Å²) in [6.07, 6.45) is 5.15. The molecule has 0 spiro atoms. The van der Waals surface area contributed by atoms with Crippen LogP contribution in [0.15, 0.2) is 10.9 Å². The van der Waals surface area contributed by atoms with Gasteiger partial charge in [-0.25, -0.2) is 4.98 Å². The summed E-state index contributed by atoms with van der Waals surface area (Å²) in [6, 6.07) is 1.93. The van der Waals surface area contributed by atoms with Crippen LogP contribution in [0.4, 0.5) is 0 Å². The monoisotopic (exact) mass is 331 g/mol. The van der Waals surface area contributed by atoms with Crippen molar-refractivity contribution in [3.05, 3.63) is 27.1 Å². The zero-order valence-electron chi connectivity index (χ0n) is 13.3. The van der Waals surface area contributed by atoms with Gasteiger partial charge in [0.2, 0.25) is 5.91 Å². The van der Waals surface area contributed by atoms with E-state index in [9.17, 15) is 9.59 Å². The summed E-state index contributed by atoms with van der Waals surface area (Å²) >= 11 is 1.58. The molecule has 3 heterocycles. The van der Waals surface area contributed by atoms with E-state index in [1.165, 1.54) is 24.1 Å². The normalized spacial score (nSPS) is 22.0. The molecular formula is C17H21N3O2S. The lowest BCUT2D eigenvalue weighted by Gasteiger charge is -2.30. The van der Waals surface area contributed by atoms with Crippen molar-refractivity contribution in [3.8, 4) is 0 Å². The average molecular weight is 331 g/mol. The van der Waals surface area contributed by atoms with E-state index in [-0.39, 0.29) is 17.4 Å². The molecule has 6 heteroatoms. The van der Waals surface area contributed by atoms with Crippen LogP contribution in [0.25, 0.3) is 10.2 Å². The number of hydrogen-bond acceptors (Lipinski definition) is 4. The minimum Gasteiger partial charge on any atom is -0.342 e.